The van der Waals surface area contributed by atoms with Crippen LogP contribution < -0.4 is 14.8 Å². The highest BCUT2D eigenvalue weighted by Crippen LogP contribution is 2.36. The van der Waals surface area contributed by atoms with Crippen LogP contribution in [-0.2, 0) is 6.42 Å². The summed E-state index contributed by atoms with van der Waals surface area (Å²) in [5, 5.41) is 7.70. The molecular weight excluding hydrogens is 472 g/mol. The van der Waals surface area contributed by atoms with Gasteiger partial charge in [-0.1, -0.05) is 106 Å². The zero-order valence-electron chi connectivity index (χ0n) is 24.3. The normalized spacial score (nSPS) is 14.3. The summed E-state index contributed by atoms with van der Waals surface area (Å²) in [5.41, 5.74) is 10.2. The lowest BCUT2D eigenvalue weighted by molar-refractivity contribution is -0.520. The molecule has 1 aromatic heterocycles. The van der Waals surface area contributed by atoms with Crippen LogP contribution in [-0.4, -0.2) is 0 Å². The van der Waals surface area contributed by atoms with Gasteiger partial charge in [-0.2, -0.15) is 4.24 Å². The van der Waals surface area contributed by atoms with Gasteiger partial charge in [0.15, 0.2) is 0 Å². The van der Waals surface area contributed by atoms with E-state index < -0.39 is 0 Å². The van der Waals surface area contributed by atoms with Crippen molar-refractivity contribution in [1.29, 1.82) is 0 Å². The fourth-order valence-corrected chi connectivity index (χ4v) is 5.98. The number of hydrogen-bond acceptors (Lipinski definition) is 1. The number of benzene rings is 3. The number of fused-ring (bicyclic) bond motifs is 1. The third kappa shape index (κ3) is 5.34. The Morgan fingerprint density at radius 3 is 2.10 bits per heavy atom. The standard InChI is InChI=1S/C37H41N2/c1-24(2)30-16-11-17-31(25(3)4)37(30)38-36(29-22-26(5)21-27(6)23-29)35-20-12-19-34(39(35)7)33-18-10-14-28-13-8-9-15-32(28)33/h8-12,14-25,36,38H,7,13H2,1-6H3/q+1. The van der Waals surface area contributed by atoms with Crippen molar-refractivity contribution in [2.24, 2.45) is 0 Å². The van der Waals surface area contributed by atoms with Crippen LogP contribution in [0.15, 0.2) is 84.9 Å². The molecule has 0 aliphatic heterocycles. The Bertz CT molecular complexity index is 1710. The molecule has 1 aliphatic rings. The van der Waals surface area contributed by atoms with Crippen molar-refractivity contribution >= 4 is 11.8 Å². The molecule has 1 heterocycles. The van der Waals surface area contributed by atoms with Gasteiger partial charge in [0.25, 0.3) is 0 Å². The van der Waals surface area contributed by atoms with E-state index in [0.717, 1.165) is 17.5 Å². The van der Waals surface area contributed by atoms with Crippen molar-refractivity contribution in [1.82, 2.24) is 0 Å². The van der Waals surface area contributed by atoms with Gasteiger partial charge < -0.3 is 5.32 Å². The minimum absolute atomic E-state index is 0.0677. The Balaban J connectivity index is 1.81. The van der Waals surface area contributed by atoms with E-state index in [1.807, 2.05) is 0 Å². The number of anilines is 1. The fraction of sp³-hybridized carbons (Fsp3) is 0.270. The molecule has 1 atom stereocenters. The van der Waals surface area contributed by atoms with Gasteiger partial charge in [0.05, 0.1) is 5.22 Å². The van der Waals surface area contributed by atoms with Crippen LogP contribution in [0.4, 0.5) is 5.69 Å². The number of para-hydroxylation sites is 1. The van der Waals surface area contributed by atoms with E-state index in [1.165, 1.54) is 49.5 Å². The molecule has 1 aliphatic carbocycles. The van der Waals surface area contributed by atoms with Gasteiger partial charge in [0.2, 0.25) is 11.0 Å². The third-order valence-electron chi connectivity index (χ3n) is 7.87. The van der Waals surface area contributed by atoms with Crippen LogP contribution in [0.5, 0.6) is 0 Å². The molecule has 2 nitrogen and oxygen atoms in total. The number of nitrogens with one attached hydrogen (secondary N) is 1. The van der Waals surface area contributed by atoms with Gasteiger partial charge in [0, 0.05) is 17.8 Å². The van der Waals surface area contributed by atoms with Crippen LogP contribution >= 0.6 is 0 Å². The number of pyridine rings is 1. The Hall–Kier alpha value is -3.91. The van der Waals surface area contributed by atoms with E-state index in [0.29, 0.717) is 11.8 Å². The summed E-state index contributed by atoms with van der Waals surface area (Å²) in [6, 6.07) is 26.8. The van der Waals surface area contributed by atoms with Gasteiger partial charge in [-0.05, 0) is 71.7 Å². The van der Waals surface area contributed by atoms with E-state index >= 15 is 0 Å². The quantitative estimate of drug-likeness (QED) is 0.260. The van der Waals surface area contributed by atoms with Crippen molar-refractivity contribution < 1.29 is 4.24 Å². The van der Waals surface area contributed by atoms with E-state index in [4.69, 9.17) is 0 Å². The van der Waals surface area contributed by atoms with Crippen LogP contribution in [0.2, 0.25) is 0 Å². The molecule has 4 aromatic rings. The first-order valence-electron chi connectivity index (χ1n) is 14.2. The number of hydrogen-bond donors (Lipinski definition) is 1. The van der Waals surface area contributed by atoms with Crippen molar-refractivity contribution in [3.8, 4) is 0 Å². The van der Waals surface area contributed by atoms with Crippen LogP contribution in [0.1, 0.15) is 84.6 Å². The first kappa shape index (κ1) is 26.7. The monoisotopic (exact) mass is 513 g/mol. The summed E-state index contributed by atoms with van der Waals surface area (Å²) >= 11 is 0. The van der Waals surface area contributed by atoms with Crippen LogP contribution in [0, 0.1) is 31.1 Å². The van der Waals surface area contributed by atoms with Crippen LogP contribution in [0.3, 0.4) is 0 Å². The second kappa shape index (κ2) is 11.1. The summed E-state index contributed by atoms with van der Waals surface area (Å²) in [5.74, 6) is 0.812. The molecule has 3 aromatic carbocycles. The summed E-state index contributed by atoms with van der Waals surface area (Å²) in [6.45, 7) is 18.1. The molecule has 2 heteroatoms. The van der Waals surface area contributed by atoms with E-state index in [-0.39, 0.29) is 6.04 Å². The molecule has 0 fully saturated rings. The second-order valence-electron chi connectivity index (χ2n) is 11.6. The minimum Gasteiger partial charge on any atom is -0.369 e. The largest absolute Gasteiger partial charge is 0.369 e. The molecule has 0 bridgehead atoms. The maximum absolute atomic E-state index is 4.64. The maximum atomic E-state index is 4.64. The average molecular weight is 514 g/mol. The highest BCUT2D eigenvalue weighted by atomic mass is 15.0. The molecule has 0 spiro atoms. The number of rotatable bonds is 6. The van der Waals surface area contributed by atoms with Crippen molar-refractivity contribution in [2.75, 3.05) is 5.32 Å². The van der Waals surface area contributed by atoms with Gasteiger partial charge in [0.1, 0.15) is 12.8 Å². The van der Waals surface area contributed by atoms with Gasteiger partial charge >= 0.3 is 0 Å². The highest BCUT2D eigenvalue weighted by molar-refractivity contribution is 5.62. The SMILES string of the molecule is C=[n+]1c(C(Nc2c(C(C)C)cccc2C(C)C)c2cc(C)cc(C)c2)cccc1=c1cccc2c1=CC=CC2. The number of allylic oxidation sites excluding steroid dienone is 2. The van der Waals surface area contributed by atoms with Gasteiger partial charge in [-0.25, -0.2) is 0 Å². The van der Waals surface area contributed by atoms with Crippen LogP contribution in [0.25, 0.3) is 6.08 Å². The number of nitrogens with zero attached hydrogens (tertiary/aromatic N) is 1. The third-order valence-corrected chi connectivity index (χ3v) is 7.87. The maximum Gasteiger partial charge on any atom is 0.218 e. The zero-order valence-corrected chi connectivity index (χ0v) is 24.3. The zero-order chi connectivity index (χ0) is 27.7. The summed E-state index contributed by atoms with van der Waals surface area (Å²) in [7, 11) is 0. The Morgan fingerprint density at radius 1 is 0.795 bits per heavy atom. The molecule has 0 amide bonds. The predicted octanol–water partition coefficient (Wildman–Crippen LogP) is 7.86. The average Bonchev–Trinajstić information content (AvgIpc) is 2.91. The predicted molar refractivity (Wildman–Crippen MR) is 164 cm³/mol. The molecule has 5 rings (SSSR count). The topological polar surface area (TPSA) is 17.9 Å². The molecule has 1 N–H and O–H groups in total. The summed E-state index contributed by atoms with van der Waals surface area (Å²) in [4.78, 5) is 0. The molecule has 0 radical (unpaired) electrons. The second-order valence-corrected chi connectivity index (χ2v) is 11.6. The smallest absolute Gasteiger partial charge is 0.218 e. The lowest BCUT2D eigenvalue weighted by atomic mass is 9.91. The Kier molecular flexibility index (Phi) is 7.57. The lowest BCUT2D eigenvalue weighted by Crippen LogP contribution is -2.31. The van der Waals surface area contributed by atoms with Gasteiger partial charge in [-0.15, -0.1) is 0 Å². The number of aromatic nitrogens is 1. The highest BCUT2D eigenvalue weighted by Gasteiger charge is 2.25. The van der Waals surface area contributed by atoms with E-state index in [2.05, 4.69) is 149 Å². The minimum atomic E-state index is -0.0677. The molecule has 0 saturated carbocycles. The van der Waals surface area contributed by atoms with Crippen molar-refractivity contribution in [3.63, 3.8) is 0 Å². The van der Waals surface area contributed by atoms with Gasteiger partial charge in [-0.3, -0.25) is 0 Å². The summed E-state index contributed by atoms with van der Waals surface area (Å²) in [6.07, 6.45) is 7.58. The fourth-order valence-electron chi connectivity index (χ4n) is 5.98. The molecule has 1 unspecified atom stereocenters. The Morgan fingerprint density at radius 2 is 1.44 bits per heavy atom. The molecule has 0 saturated heterocycles. The number of aryl methyl sites for hydroxylation is 2. The van der Waals surface area contributed by atoms with Crippen molar-refractivity contribution in [2.45, 2.75) is 65.8 Å². The van der Waals surface area contributed by atoms with Crippen molar-refractivity contribution in [3.05, 3.63) is 147 Å². The first-order chi connectivity index (χ1) is 18.7. The lowest BCUT2D eigenvalue weighted by Gasteiger charge is -2.25. The molecule has 39 heavy (non-hydrogen) atoms. The van der Waals surface area contributed by atoms with E-state index in [1.54, 1.807) is 0 Å². The molecule has 198 valence electrons. The Labute approximate surface area is 233 Å². The summed E-state index contributed by atoms with van der Waals surface area (Å²) < 4.78 is 2.14. The molecular formula is C37H41N2+. The van der Waals surface area contributed by atoms with E-state index in [9.17, 15) is 0 Å². The first-order valence-corrected chi connectivity index (χ1v) is 14.2.